The first-order valence-corrected chi connectivity index (χ1v) is 23.5. The number of anilines is 2. The second-order valence-corrected chi connectivity index (χ2v) is 19.4. The fourth-order valence-corrected chi connectivity index (χ4v) is 11.5. The molecule has 0 spiro atoms. The van der Waals surface area contributed by atoms with Gasteiger partial charge in [-0.25, -0.2) is 26.8 Å². The molecule has 0 saturated carbocycles. The Labute approximate surface area is 360 Å². The molecule has 2 fully saturated rings. The van der Waals surface area contributed by atoms with Gasteiger partial charge in [-0.2, -0.15) is 8.61 Å². The van der Waals surface area contributed by atoms with Gasteiger partial charge in [0.1, 0.15) is 5.75 Å². The van der Waals surface area contributed by atoms with E-state index in [2.05, 4.69) is 4.90 Å². The number of methoxy groups -OCH3 is 1. The summed E-state index contributed by atoms with van der Waals surface area (Å²) in [5.74, 6) is 0.743. The van der Waals surface area contributed by atoms with Crippen molar-refractivity contribution in [2.75, 3.05) is 69.3 Å². The highest BCUT2D eigenvalue weighted by atomic mass is 32.2. The van der Waals surface area contributed by atoms with Crippen LogP contribution < -0.4 is 14.5 Å². The number of benzene rings is 4. The monoisotopic (exact) mass is 904 g/mol. The SMILES string of the molecule is COc1ccccc1-c1csc(N2CCN(S(=O)(=O)c3cccc([N+](=O)[O-])c3)CC2)n1.Cc1ccccc1-c1csc(N2CCN(S(=O)(=O)c3cccc([N+](=O)[O-])c3)CC2)n1. The second-order valence-electron chi connectivity index (χ2n) is 13.8. The van der Waals surface area contributed by atoms with Crippen molar-refractivity contribution in [2.45, 2.75) is 16.7 Å². The Hall–Kier alpha value is -5.84. The maximum absolute atomic E-state index is 12.9. The zero-order chi connectivity index (χ0) is 43.3. The van der Waals surface area contributed by atoms with E-state index in [-0.39, 0.29) is 34.3 Å². The Morgan fingerprint density at radius 2 is 1.02 bits per heavy atom. The molecule has 2 saturated heterocycles. The van der Waals surface area contributed by atoms with E-state index in [0.717, 1.165) is 56.2 Å². The van der Waals surface area contributed by atoms with Crippen LogP contribution in [0, 0.1) is 27.2 Å². The third-order valence-corrected chi connectivity index (χ3v) is 15.7. The predicted octanol–water partition coefficient (Wildman–Crippen LogP) is 6.78. The van der Waals surface area contributed by atoms with Gasteiger partial charge < -0.3 is 14.5 Å². The van der Waals surface area contributed by atoms with Crippen LogP contribution in [0.25, 0.3) is 22.5 Å². The number of thiazole rings is 2. The Bertz CT molecular complexity index is 2760. The van der Waals surface area contributed by atoms with E-state index in [4.69, 9.17) is 14.7 Å². The van der Waals surface area contributed by atoms with Crippen LogP contribution in [-0.4, -0.2) is 105 Å². The number of piperazine rings is 2. The average Bonchev–Trinajstić information content (AvgIpc) is 3.99. The van der Waals surface area contributed by atoms with Crippen molar-refractivity contribution in [3.8, 4) is 28.3 Å². The highest BCUT2D eigenvalue weighted by molar-refractivity contribution is 7.89. The van der Waals surface area contributed by atoms with Crippen molar-refractivity contribution in [3.63, 3.8) is 0 Å². The zero-order valence-corrected chi connectivity index (χ0v) is 36.2. The molecule has 0 aliphatic carbocycles. The molecule has 0 unspecified atom stereocenters. The lowest BCUT2D eigenvalue weighted by molar-refractivity contribution is -0.385. The molecule has 0 amide bonds. The van der Waals surface area contributed by atoms with Crippen LogP contribution in [0.5, 0.6) is 5.75 Å². The number of hydrogen-bond donors (Lipinski definition) is 0. The molecule has 2 aromatic heterocycles. The standard InChI is InChI=1S/C20H20N4O5S2.C20H20N4O4S2/c1-29-19-8-3-2-7-17(19)18-14-30-20(21-18)22-9-11-23(12-10-22)31(27,28)16-6-4-5-15(13-16)24(25)26;1-15-5-2-3-8-18(15)19-14-29-20(21-19)22-9-11-23(12-10-22)30(27,28)17-7-4-6-16(13-17)24(25)26/h2-8,13-14H,9-12H2,1H3;2-8,13-14H,9-12H2,1H3. The van der Waals surface area contributed by atoms with E-state index >= 15 is 0 Å². The molecule has 0 bridgehead atoms. The van der Waals surface area contributed by atoms with Gasteiger partial charge in [0, 0.05) is 98.5 Å². The molecule has 0 radical (unpaired) electrons. The molecule has 61 heavy (non-hydrogen) atoms. The first kappa shape index (κ1) is 43.3. The lowest BCUT2D eigenvalue weighted by Gasteiger charge is -2.33. The van der Waals surface area contributed by atoms with E-state index < -0.39 is 29.9 Å². The summed E-state index contributed by atoms with van der Waals surface area (Å²) < 4.78 is 59.8. The van der Waals surface area contributed by atoms with Gasteiger partial charge in [-0.1, -0.05) is 48.5 Å². The average molecular weight is 905 g/mol. The number of sulfonamides is 2. The lowest BCUT2D eigenvalue weighted by Crippen LogP contribution is -2.48. The summed E-state index contributed by atoms with van der Waals surface area (Å²) in [5.41, 5.74) is 4.39. The molecular weight excluding hydrogens is 865 g/mol. The van der Waals surface area contributed by atoms with Crippen molar-refractivity contribution < 1.29 is 31.4 Å². The zero-order valence-electron chi connectivity index (χ0n) is 32.9. The van der Waals surface area contributed by atoms with E-state index in [1.165, 1.54) is 56.3 Å². The third kappa shape index (κ3) is 9.56. The topological polar surface area (TPSA) is 203 Å². The van der Waals surface area contributed by atoms with Crippen LogP contribution in [-0.2, 0) is 20.0 Å². The van der Waals surface area contributed by atoms with Gasteiger partial charge in [-0.15, -0.1) is 22.7 Å². The molecule has 2 aliphatic heterocycles. The maximum atomic E-state index is 12.9. The number of non-ortho nitro benzene ring substituents is 2. The molecule has 0 N–H and O–H groups in total. The van der Waals surface area contributed by atoms with Crippen molar-refractivity contribution >= 4 is 64.4 Å². The summed E-state index contributed by atoms with van der Waals surface area (Å²) >= 11 is 3.04. The number of aromatic nitrogens is 2. The van der Waals surface area contributed by atoms with Crippen LogP contribution in [0.3, 0.4) is 0 Å². The number of nitrogens with zero attached hydrogens (tertiary/aromatic N) is 8. The Balaban J connectivity index is 0.000000184. The molecular formula is C40H40N8O9S4. The molecule has 4 aromatic carbocycles. The summed E-state index contributed by atoms with van der Waals surface area (Å²) in [6.45, 7) is 5.16. The lowest BCUT2D eigenvalue weighted by atomic mass is 10.1. The number of ether oxygens (including phenoxy) is 1. The minimum absolute atomic E-state index is 0.0544. The largest absolute Gasteiger partial charge is 0.496 e. The summed E-state index contributed by atoms with van der Waals surface area (Å²) in [6, 6.07) is 26.0. The van der Waals surface area contributed by atoms with Crippen molar-refractivity contribution in [3.05, 3.63) is 134 Å². The fourth-order valence-electron chi connectivity index (χ4n) is 6.84. The first-order valence-electron chi connectivity index (χ1n) is 18.9. The molecule has 4 heterocycles. The number of hydrogen-bond acceptors (Lipinski definition) is 15. The van der Waals surface area contributed by atoms with Crippen LogP contribution in [0.2, 0.25) is 0 Å². The van der Waals surface area contributed by atoms with Crippen LogP contribution >= 0.6 is 22.7 Å². The third-order valence-electron chi connectivity index (χ3n) is 10.1. The highest BCUT2D eigenvalue weighted by Gasteiger charge is 2.32. The van der Waals surface area contributed by atoms with Crippen LogP contribution in [0.4, 0.5) is 21.6 Å². The molecule has 2 aliphatic rings. The number of nitro groups is 2. The molecule has 8 rings (SSSR count). The second kappa shape index (κ2) is 18.4. The smallest absolute Gasteiger partial charge is 0.270 e. The molecule has 6 aromatic rings. The van der Waals surface area contributed by atoms with Crippen LogP contribution in [0.1, 0.15) is 5.56 Å². The van der Waals surface area contributed by atoms with E-state index in [1.54, 1.807) is 18.4 Å². The summed E-state index contributed by atoms with van der Waals surface area (Å²) in [4.78, 5) is 34.2. The number of aryl methyl sites for hydroxylation is 1. The van der Waals surface area contributed by atoms with Crippen molar-refractivity contribution in [1.82, 2.24) is 18.6 Å². The highest BCUT2D eigenvalue weighted by Crippen LogP contribution is 2.34. The van der Waals surface area contributed by atoms with Gasteiger partial charge >= 0.3 is 0 Å². The van der Waals surface area contributed by atoms with E-state index in [1.807, 2.05) is 71.1 Å². The van der Waals surface area contributed by atoms with Crippen molar-refractivity contribution in [2.24, 2.45) is 0 Å². The number of nitro benzene ring substituents is 2. The van der Waals surface area contributed by atoms with Gasteiger partial charge in [-0.05, 0) is 36.8 Å². The van der Waals surface area contributed by atoms with Crippen LogP contribution in [0.15, 0.2) is 118 Å². The van der Waals surface area contributed by atoms with Gasteiger partial charge in [0.05, 0.1) is 38.1 Å². The van der Waals surface area contributed by atoms with Gasteiger partial charge in [0.25, 0.3) is 11.4 Å². The Kier molecular flexibility index (Phi) is 13.1. The fraction of sp³-hybridized carbons (Fsp3) is 0.250. The normalized spacial score (nSPS) is 15.2. The number of rotatable bonds is 11. The molecule has 0 atom stereocenters. The summed E-state index contributed by atoms with van der Waals surface area (Å²) in [6.07, 6.45) is 0. The predicted molar refractivity (Wildman–Crippen MR) is 235 cm³/mol. The van der Waals surface area contributed by atoms with Gasteiger partial charge in [0.15, 0.2) is 10.3 Å². The first-order chi connectivity index (χ1) is 29.3. The van der Waals surface area contributed by atoms with E-state index in [9.17, 15) is 37.1 Å². The molecule has 17 nitrogen and oxygen atoms in total. The minimum atomic E-state index is -3.80. The Morgan fingerprint density at radius 1 is 0.590 bits per heavy atom. The van der Waals surface area contributed by atoms with Crippen molar-refractivity contribution in [1.29, 1.82) is 0 Å². The molecule has 21 heteroatoms. The van der Waals surface area contributed by atoms with E-state index in [0.29, 0.717) is 39.3 Å². The minimum Gasteiger partial charge on any atom is -0.496 e. The maximum Gasteiger partial charge on any atom is 0.270 e. The molecule has 318 valence electrons. The number of para-hydroxylation sites is 1. The van der Waals surface area contributed by atoms with Gasteiger partial charge in [-0.3, -0.25) is 20.2 Å². The van der Waals surface area contributed by atoms with Gasteiger partial charge in [0.2, 0.25) is 20.0 Å². The summed E-state index contributed by atoms with van der Waals surface area (Å²) in [5, 5.41) is 27.6. The Morgan fingerprint density at radius 3 is 1.46 bits per heavy atom. The summed E-state index contributed by atoms with van der Waals surface area (Å²) in [7, 11) is -5.97. The quantitative estimate of drug-likeness (QED) is 0.0974.